The molecule has 0 heterocycles. The van der Waals surface area contributed by atoms with Gasteiger partial charge in [-0.25, -0.2) is 0 Å². The van der Waals surface area contributed by atoms with Crippen molar-refractivity contribution in [1.82, 2.24) is 0 Å². The summed E-state index contributed by atoms with van der Waals surface area (Å²) in [6.45, 7) is 0. The van der Waals surface area contributed by atoms with E-state index >= 15 is 0 Å². The maximum absolute atomic E-state index is 8.74. The Hall–Kier alpha value is 0.815. The quantitative estimate of drug-likeness (QED) is 0.526. The van der Waals surface area contributed by atoms with Crippen molar-refractivity contribution in [2.45, 2.75) is 0 Å². The van der Waals surface area contributed by atoms with E-state index in [1.807, 2.05) is 0 Å². The van der Waals surface area contributed by atoms with Crippen LogP contribution in [0.15, 0.2) is 0 Å². The van der Waals surface area contributed by atoms with Crippen LogP contribution in [0.2, 0.25) is 0 Å². The molecule has 0 aliphatic carbocycles. The second-order valence-electron chi connectivity index (χ2n) is 0.448. The van der Waals surface area contributed by atoms with E-state index in [2.05, 4.69) is 0 Å². The van der Waals surface area contributed by atoms with E-state index < -0.39 is 10.4 Å². The molecule has 10 heavy (non-hydrogen) atoms. The normalized spacial score (nSPS) is 5.80. The zero-order valence-corrected chi connectivity index (χ0v) is 7.53. The Labute approximate surface area is 79.2 Å². The van der Waals surface area contributed by atoms with Crippen LogP contribution in [-0.4, -0.2) is 17.5 Å². The van der Waals surface area contributed by atoms with Gasteiger partial charge >= 0.3 is 45.1 Å². The molecular formula is H2Cr2O7S. The summed E-state index contributed by atoms with van der Waals surface area (Å²) in [5.41, 5.74) is 0. The molecule has 2 N–H and O–H groups in total. The second kappa shape index (κ2) is 16.4. The molecule has 0 bridgehead atoms. The average molecular weight is 250 g/mol. The fourth-order valence-corrected chi connectivity index (χ4v) is 0. The Morgan fingerprint density at radius 2 is 0.800 bits per heavy atom. The SMILES string of the molecule is O=S(=O)(O)O.[Cr+3].[Cr+3].[O-2].[O-2].[O-2]. The Balaban J connectivity index is -0.00000000800. The van der Waals surface area contributed by atoms with Gasteiger partial charge < -0.3 is 16.4 Å². The van der Waals surface area contributed by atoms with Crippen LogP contribution in [0.3, 0.4) is 0 Å². The Morgan fingerprint density at radius 1 is 0.800 bits per heavy atom. The van der Waals surface area contributed by atoms with Crippen LogP contribution in [0.4, 0.5) is 0 Å². The van der Waals surface area contributed by atoms with Crippen molar-refractivity contribution in [3.8, 4) is 0 Å². The molecule has 0 aliphatic heterocycles. The predicted molar refractivity (Wildman–Crippen MR) is 16.2 cm³/mol. The maximum Gasteiger partial charge on any atom is 3.00 e. The first-order valence-corrected chi connectivity index (χ1v) is 2.10. The molecule has 0 amide bonds. The summed E-state index contributed by atoms with van der Waals surface area (Å²) in [5, 5.41) is 0. The first-order valence-electron chi connectivity index (χ1n) is 0.698. The molecule has 0 saturated heterocycles. The van der Waals surface area contributed by atoms with Crippen LogP contribution in [-0.2, 0) is 61.5 Å². The van der Waals surface area contributed by atoms with E-state index in [0.717, 1.165) is 0 Å². The molecule has 0 atom stereocenters. The molecule has 2 radical (unpaired) electrons. The van der Waals surface area contributed by atoms with Crippen LogP contribution >= 0.6 is 0 Å². The van der Waals surface area contributed by atoms with Crippen molar-refractivity contribution < 1.29 is 68.7 Å². The number of hydrogen-bond acceptors (Lipinski definition) is 2. The molecular weight excluding hydrogens is 248 g/mol. The molecule has 0 unspecified atom stereocenters. The van der Waals surface area contributed by atoms with Gasteiger partial charge in [-0.05, 0) is 0 Å². The Morgan fingerprint density at radius 3 is 0.800 bits per heavy atom. The molecule has 0 aromatic heterocycles. The molecule has 7 nitrogen and oxygen atoms in total. The maximum atomic E-state index is 8.74. The molecule has 0 spiro atoms. The number of hydrogen-bond donors (Lipinski definition) is 2. The molecule has 62 valence electrons. The summed E-state index contributed by atoms with van der Waals surface area (Å²) >= 11 is 0. The van der Waals surface area contributed by atoms with Gasteiger partial charge in [-0.15, -0.1) is 0 Å². The van der Waals surface area contributed by atoms with Crippen molar-refractivity contribution in [3.05, 3.63) is 0 Å². The van der Waals surface area contributed by atoms with Crippen molar-refractivity contribution in [2.75, 3.05) is 0 Å². The Bertz CT molecular complexity index is 94.8. The average Bonchev–Trinajstić information content (AvgIpc) is 0.722. The summed E-state index contributed by atoms with van der Waals surface area (Å²) in [4.78, 5) is 0. The molecule has 0 saturated carbocycles. The zero-order valence-electron chi connectivity index (χ0n) is 4.16. The third-order valence-electron chi connectivity index (χ3n) is 0. The van der Waals surface area contributed by atoms with E-state index in [-0.39, 0.29) is 51.2 Å². The van der Waals surface area contributed by atoms with E-state index in [1.165, 1.54) is 0 Å². The molecule has 0 aromatic rings. The van der Waals surface area contributed by atoms with Crippen molar-refractivity contribution in [3.63, 3.8) is 0 Å². The van der Waals surface area contributed by atoms with Crippen molar-refractivity contribution in [1.29, 1.82) is 0 Å². The van der Waals surface area contributed by atoms with Crippen molar-refractivity contribution in [2.24, 2.45) is 0 Å². The summed E-state index contributed by atoms with van der Waals surface area (Å²) in [5.74, 6) is 0. The van der Waals surface area contributed by atoms with Crippen LogP contribution in [0.25, 0.3) is 0 Å². The van der Waals surface area contributed by atoms with Gasteiger partial charge in [-0.3, -0.25) is 9.11 Å². The van der Waals surface area contributed by atoms with Crippen LogP contribution in [0, 0.1) is 0 Å². The van der Waals surface area contributed by atoms with Gasteiger partial charge in [0.25, 0.3) is 0 Å². The molecule has 0 aromatic carbocycles. The minimum absolute atomic E-state index is 0. The number of rotatable bonds is 0. The van der Waals surface area contributed by atoms with Gasteiger partial charge in [0.1, 0.15) is 0 Å². The first kappa shape index (κ1) is 44.9. The van der Waals surface area contributed by atoms with Gasteiger partial charge in [-0.2, -0.15) is 8.42 Å². The fourth-order valence-electron chi connectivity index (χ4n) is 0. The first-order chi connectivity index (χ1) is 2.00. The Kier molecular flexibility index (Phi) is 73.8. The molecule has 0 fully saturated rings. The molecule has 0 aliphatic rings. The van der Waals surface area contributed by atoms with Crippen LogP contribution in [0.5, 0.6) is 0 Å². The van der Waals surface area contributed by atoms with Crippen LogP contribution < -0.4 is 0 Å². The zero-order chi connectivity index (χ0) is 4.50. The minimum Gasteiger partial charge on any atom is -2.00 e. The molecule has 0 rings (SSSR count). The van der Waals surface area contributed by atoms with E-state index in [1.54, 1.807) is 0 Å². The largest absolute Gasteiger partial charge is 3.00 e. The van der Waals surface area contributed by atoms with E-state index in [9.17, 15) is 0 Å². The molecule has 10 heteroatoms. The summed E-state index contributed by atoms with van der Waals surface area (Å²) in [6.07, 6.45) is 0. The van der Waals surface area contributed by atoms with Gasteiger partial charge in [0.05, 0.1) is 0 Å². The van der Waals surface area contributed by atoms with Gasteiger partial charge in [-0.1, -0.05) is 0 Å². The predicted octanol–water partition coefficient (Wildman–Crippen LogP) is -1.01. The topological polar surface area (TPSA) is 160 Å². The van der Waals surface area contributed by atoms with E-state index in [0.29, 0.717) is 0 Å². The van der Waals surface area contributed by atoms with Gasteiger partial charge in [0, 0.05) is 0 Å². The van der Waals surface area contributed by atoms with Crippen LogP contribution in [0.1, 0.15) is 0 Å². The van der Waals surface area contributed by atoms with Crippen molar-refractivity contribution >= 4 is 10.4 Å². The monoisotopic (exact) mass is 250 g/mol. The third kappa shape index (κ3) is 811. The fraction of sp³-hybridized carbons (Fsp3) is 0. The minimum atomic E-state index is -4.67. The second-order valence-corrected chi connectivity index (χ2v) is 1.34. The van der Waals surface area contributed by atoms with Gasteiger partial charge in [0.2, 0.25) is 0 Å². The standard InChI is InChI=1S/2Cr.H2O4S.3O/c;;1-5(2,3)4;;;/h;;(H2,1,2,3,4);;;/q2*+3;;3*-2. The smallest absolute Gasteiger partial charge is 2.00 e. The van der Waals surface area contributed by atoms with E-state index in [4.69, 9.17) is 17.5 Å². The summed E-state index contributed by atoms with van der Waals surface area (Å²) < 4.78 is 31.6. The summed E-state index contributed by atoms with van der Waals surface area (Å²) in [6, 6.07) is 0. The third-order valence-corrected chi connectivity index (χ3v) is 0. The summed E-state index contributed by atoms with van der Waals surface area (Å²) in [7, 11) is -4.67. The van der Waals surface area contributed by atoms with Gasteiger partial charge in [0.15, 0.2) is 0 Å².